The highest BCUT2D eigenvalue weighted by molar-refractivity contribution is 4.78. The van der Waals surface area contributed by atoms with Crippen LogP contribution in [0.25, 0.3) is 0 Å². The Balaban J connectivity index is 3.09. The van der Waals surface area contributed by atoms with Crippen molar-refractivity contribution < 1.29 is 10.1 Å². The number of H-pyrrole nitrogens is 2. The summed E-state index contributed by atoms with van der Waals surface area (Å²) in [6.45, 7) is -0.320. The van der Waals surface area contributed by atoms with Gasteiger partial charge in [-0.1, -0.05) is 0 Å². The summed E-state index contributed by atoms with van der Waals surface area (Å²) in [5.41, 5.74) is -1.46. The minimum absolute atomic E-state index is 0.0266. The van der Waals surface area contributed by atoms with Gasteiger partial charge < -0.3 is 0 Å². The second kappa shape index (κ2) is 3.08. The van der Waals surface area contributed by atoms with Crippen molar-refractivity contribution in [3.05, 3.63) is 26.8 Å². The molecular formula is C4H5N3O4. The topological polar surface area (TPSA) is 108 Å². The van der Waals surface area contributed by atoms with Crippen LogP contribution in [0.5, 0.6) is 0 Å². The first-order chi connectivity index (χ1) is 5.22. The monoisotopic (exact) mass is 159 g/mol. The summed E-state index contributed by atoms with van der Waals surface area (Å²) in [5, 5.41) is 7.93. The Bertz CT molecular complexity index is 311. The molecule has 0 unspecified atom stereocenters. The minimum Gasteiger partial charge on any atom is -0.293 e. The van der Waals surface area contributed by atoms with Gasteiger partial charge in [-0.25, -0.2) is 14.5 Å². The Morgan fingerprint density at radius 2 is 2.18 bits per heavy atom. The lowest BCUT2D eigenvalue weighted by molar-refractivity contribution is -0.254. The highest BCUT2D eigenvalue weighted by Gasteiger charge is 1.96. The second-order valence-electron chi connectivity index (χ2n) is 1.72. The van der Waals surface area contributed by atoms with Crippen LogP contribution in [-0.4, -0.2) is 20.2 Å². The van der Waals surface area contributed by atoms with Crippen LogP contribution >= 0.6 is 0 Å². The number of hydrogen-bond donors (Lipinski definition) is 3. The Labute approximate surface area is 59.6 Å². The van der Waals surface area contributed by atoms with Crippen LogP contribution in [-0.2, 0) is 11.5 Å². The first kappa shape index (κ1) is 7.63. The molecule has 0 fully saturated rings. The normalized spacial score (nSPS) is 9.91. The van der Waals surface area contributed by atoms with Gasteiger partial charge in [0.1, 0.15) is 12.4 Å². The molecule has 0 aromatic carbocycles. The van der Waals surface area contributed by atoms with Gasteiger partial charge in [0.15, 0.2) is 0 Å². The molecule has 3 N–H and O–H groups in total. The maximum atomic E-state index is 10.5. The molecule has 7 nitrogen and oxygen atoms in total. The van der Waals surface area contributed by atoms with Gasteiger partial charge in [0, 0.05) is 0 Å². The van der Waals surface area contributed by atoms with Crippen molar-refractivity contribution in [3.63, 3.8) is 0 Å². The van der Waals surface area contributed by atoms with Crippen molar-refractivity contribution in [1.29, 1.82) is 0 Å². The molecular weight excluding hydrogens is 154 g/mol. The average molecular weight is 159 g/mol. The van der Waals surface area contributed by atoms with Crippen molar-refractivity contribution in [2.45, 2.75) is 6.61 Å². The largest absolute Gasteiger partial charge is 0.350 e. The van der Waals surface area contributed by atoms with Gasteiger partial charge in [0.05, 0.1) is 0 Å². The molecule has 1 rings (SSSR count). The fourth-order valence-corrected chi connectivity index (χ4v) is 0.567. The summed E-state index contributed by atoms with van der Waals surface area (Å²) in [6, 6.07) is 0. The van der Waals surface area contributed by atoms with Crippen molar-refractivity contribution in [2.24, 2.45) is 0 Å². The number of aromatic amines is 2. The van der Waals surface area contributed by atoms with Crippen LogP contribution < -0.4 is 11.4 Å². The number of hydrogen-bond acceptors (Lipinski definition) is 5. The lowest BCUT2D eigenvalue weighted by atomic mass is 10.6. The lowest BCUT2D eigenvalue weighted by Crippen LogP contribution is -2.27. The molecule has 0 saturated heterocycles. The molecule has 0 amide bonds. The molecule has 0 saturated carbocycles. The highest BCUT2D eigenvalue weighted by Crippen LogP contribution is 1.80. The standard InChI is InChI=1S/C4H5N3O4/c8-3-5-2(1-11-10)6-4(9)7-3/h10H,1H2,(H2,5,6,7,8,9). The Morgan fingerprint density at radius 1 is 1.45 bits per heavy atom. The van der Waals surface area contributed by atoms with Gasteiger partial charge in [-0.2, -0.15) is 4.98 Å². The van der Waals surface area contributed by atoms with Crippen LogP contribution in [0.1, 0.15) is 5.82 Å². The molecule has 0 aliphatic rings. The Morgan fingerprint density at radius 3 is 2.73 bits per heavy atom. The number of aromatic nitrogens is 3. The van der Waals surface area contributed by atoms with E-state index in [1.54, 1.807) is 0 Å². The highest BCUT2D eigenvalue weighted by atomic mass is 17.1. The fraction of sp³-hybridized carbons (Fsp3) is 0.250. The van der Waals surface area contributed by atoms with Gasteiger partial charge in [-0.05, 0) is 0 Å². The summed E-state index contributed by atoms with van der Waals surface area (Å²) >= 11 is 0. The zero-order valence-corrected chi connectivity index (χ0v) is 5.33. The molecule has 0 spiro atoms. The first-order valence-electron chi connectivity index (χ1n) is 2.68. The van der Waals surface area contributed by atoms with Gasteiger partial charge in [-0.3, -0.25) is 15.2 Å². The maximum absolute atomic E-state index is 10.5. The van der Waals surface area contributed by atoms with Crippen molar-refractivity contribution in [2.75, 3.05) is 0 Å². The van der Waals surface area contributed by atoms with E-state index in [-0.39, 0.29) is 12.4 Å². The first-order valence-corrected chi connectivity index (χ1v) is 2.68. The molecule has 60 valence electrons. The third kappa shape index (κ3) is 1.99. The van der Waals surface area contributed by atoms with Crippen LogP contribution in [0, 0.1) is 0 Å². The van der Waals surface area contributed by atoms with Crippen LogP contribution in [0.4, 0.5) is 0 Å². The quantitative estimate of drug-likeness (QED) is 0.357. The predicted molar refractivity (Wildman–Crippen MR) is 32.9 cm³/mol. The number of nitrogens with zero attached hydrogens (tertiary/aromatic N) is 1. The van der Waals surface area contributed by atoms with Gasteiger partial charge >= 0.3 is 11.4 Å². The number of nitrogens with one attached hydrogen (secondary N) is 2. The molecule has 0 aliphatic carbocycles. The van der Waals surface area contributed by atoms with Crippen molar-refractivity contribution in [3.8, 4) is 0 Å². The Kier molecular flexibility index (Phi) is 2.14. The molecule has 0 aliphatic heterocycles. The van der Waals surface area contributed by atoms with E-state index in [1.165, 1.54) is 0 Å². The minimum atomic E-state index is -0.777. The van der Waals surface area contributed by atoms with E-state index in [4.69, 9.17) is 5.26 Å². The van der Waals surface area contributed by atoms with Gasteiger partial charge in [0.2, 0.25) is 0 Å². The third-order valence-electron chi connectivity index (χ3n) is 0.916. The fourth-order valence-electron chi connectivity index (χ4n) is 0.567. The summed E-state index contributed by atoms with van der Waals surface area (Å²) in [4.78, 5) is 31.9. The van der Waals surface area contributed by atoms with E-state index in [1.807, 2.05) is 4.98 Å². The maximum Gasteiger partial charge on any atom is 0.350 e. The molecule has 7 heteroatoms. The molecule has 1 aromatic rings. The molecule has 0 radical (unpaired) electrons. The predicted octanol–water partition coefficient (Wildman–Crippen LogP) is -1.55. The van der Waals surface area contributed by atoms with Crippen molar-refractivity contribution in [1.82, 2.24) is 15.0 Å². The van der Waals surface area contributed by atoms with Crippen LogP contribution in [0.2, 0.25) is 0 Å². The Hall–Kier alpha value is -1.47. The van der Waals surface area contributed by atoms with E-state index >= 15 is 0 Å². The number of rotatable bonds is 2. The van der Waals surface area contributed by atoms with Gasteiger partial charge in [-0.15, -0.1) is 0 Å². The summed E-state index contributed by atoms with van der Waals surface area (Å²) < 4.78 is 0. The van der Waals surface area contributed by atoms with E-state index < -0.39 is 11.4 Å². The van der Waals surface area contributed by atoms with E-state index in [0.29, 0.717) is 0 Å². The molecule has 1 aromatic heterocycles. The molecule has 11 heavy (non-hydrogen) atoms. The average Bonchev–Trinajstić information content (AvgIpc) is 1.85. The van der Waals surface area contributed by atoms with E-state index in [9.17, 15) is 9.59 Å². The van der Waals surface area contributed by atoms with Crippen LogP contribution in [0.15, 0.2) is 9.59 Å². The molecule has 1 heterocycles. The van der Waals surface area contributed by atoms with Crippen molar-refractivity contribution >= 4 is 0 Å². The third-order valence-corrected chi connectivity index (χ3v) is 0.916. The summed E-state index contributed by atoms with van der Waals surface area (Å²) in [6.07, 6.45) is 0. The van der Waals surface area contributed by atoms with Gasteiger partial charge in [0.25, 0.3) is 0 Å². The zero-order valence-electron chi connectivity index (χ0n) is 5.33. The lowest BCUT2D eigenvalue weighted by Gasteiger charge is -1.92. The summed E-state index contributed by atoms with van der Waals surface area (Å²) in [7, 11) is 0. The SMILES string of the molecule is O=c1nc(COO)[nH]c(=O)[nH]1. The van der Waals surface area contributed by atoms with E-state index in [0.717, 1.165) is 0 Å². The van der Waals surface area contributed by atoms with E-state index in [2.05, 4.69) is 14.9 Å². The second-order valence-corrected chi connectivity index (χ2v) is 1.72. The zero-order chi connectivity index (χ0) is 8.27. The molecule has 0 atom stereocenters. The molecule has 0 bridgehead atoms. The van der Waals surface area contributed by atoms with Crippen LogP contribution in [0.3, 0.4) is 0 Å². The summed E-state index contributed by atoms with van der Waals surface area (Å²) in [5.74, 6) is -0.0266. The smallest absolute Gasteiger partial charge is 0.293 e.